The summed E-state index contributed by atoms with van der Waals surface area (Å²) < 4.78 is 38.0. The number of nitrogens with one attached hydrogen (secondary N) is 1. The van der Waals surface area contributed by atoms with E-state index in [-0.39, 0.29) is 12.1 Å². The predicted octanol–water partition coefficient (Wildman–Crippen LogP) is 7.66. The highest BCUT2D eigenvalue weighted by atomic mass is 16.5. The molecule has 0 amide bonds. The summed E-state index contributed by atoms with van der Waals surface area (Å²) >= 11 is 0. The van der Waals surface area contributed by atoms with Gasteiger partial charge in [-0.1, -0.05) is 32.0 Å². The second-order valence-corrected chi connectivity index (χ2v) is 14.2. The van der Waals surface area contributed by atoms with E-state index in [2.05, 4.69) is 91.6 Å². The van der Waals surface area contributed by atoms with E-state index in [4.69, 9.17) is 28.4 Å². The zero-order chi connectivity index (χ0) is 35.8. The third-order valence-electron chi connectivity index (χ3n) is 10.8. The normalized spacial score (nSPS) is 18.6. The molecule has 4 aromatic carbocycles. The van der Waals surface area contributed by atoms with Crippen molar-refractivity contribution < 1.29 is 28.4 Å². The number of benzene rings is 4. The van der Waals surface area contributed by atoms with Gasteiger partial charge in [0.15, 0.2) is 34.5 Å². The molecule has 0 aliphatic carbocycles. The molecule has 0 spiro atoms. The Hall–Kier alpha value is -4.44. The minimum absolute atomic E-state index is 0.0386. The zero-order valence-corrected chi connectivity index (χ0v) is 31.2. The summed E-state index contributed by atoms with van der Waals surface area (Å²) in [6, 6.07) is 19.4. The largest absolute Gasteiger partial charge is 0.493 e. The quantitative estimate of drug-likeness (QED) is 0.210. The standard InChI is InChI=1S/C42H51N3O6/c1-25(2)43-24-32-30-16-18-45(4)34-20-27-11-14-35(46-5)37(21-27)50-29-12-9-26(10-13-29)19-33-31-23-38(36(47-6)22-28(31)15-17-44(33)3)51-41(39(30)34)42(49-8)40(32)48-7/h9-14,21-23,25,33-34,43H,15-20,24H2,1-8H3/t33-,34-/m0/s1. The summed E-state index contributed by atoms with van der Waals surface area (Å²) in [5.74, 6) is 5.45. The predicted molar refractivity (Wildman–Crippen MR) is 200 cm³/mol. The molecule has 270 valence electrons. The maximum absolute atomic E-state index is 7.19. The van der Waals surface area contributed by atoms with Crippen molar-refractivity contribution in [3.63, 3.8) is 0 Å². The van der Waals surface area contributed by atoms with Gasteiger partial charge >= 0.3 is 0 Å². The second kappa shape index (κ2) is 14.7. The Kier molecular flexibility index (Phi) is 10.1. The Bertz CT molecular complexity index is 1890. The van der Waals surface area contributed by atoms with Crippen LogP contribution < -0.4 is 33.7 Å². The molecular weight excluding hydrogens is 642 g/mol. The van der Waals surface area contributed by atoms with Crippen LogP contribution in [0.3, 0.4) is 0 Å². The van der Waals surface area contributed by atoms with Crippen LogP contribution in [0.2, 0.25) is 0 Å². The minimum Gasteiger partial charge on any atom is -0.493 e. The number of hydrogen-bond acceptors (Lipinski definition) is 9. The Morgan fingerprint density at radius 3 is 2.10 bits per heavy atom. The van der Waals surface area contributed by atoms with Gasteiger partial charge in [0.05, 0.1) is 28.4 Å². The van der Waals surface area contributed by atoms with Crippen molar-refractivity contribution in [3.8, 4) is 46.0 Å². The molecule has 0 aromatic heterocycles. The summed E-state index contributed by atoms with van der Waals surface area (Å²) in [6.07, 6.45) is 3.32. The highest BCUT2D eigenvalue weighted by Crippen LogP contribution is 2.54. The van der Waals surface area contributed by atoms with Gasteiger partial charge in [-0.05, 0) is 104 Å². The number of fused-ring (bicyclic) bond motifs is 2. The van der Waals surface area contributed by atoms with Crippen molar-refractivity contribution in [2.45, 2.75) is 64.2 Å². The fraction of sp³-hybridized carbons (Fsp3) is 0.429. The average Bonchev–Trinajstić information content (AvgIpc) is 3.13. The molecule has 4 aliphatic rings. The van der Waals surface area contributed by atoms with E-state index >= 15 is 0 Å². The first kappa shape index (κ1) is 35.0. The van der Waals surface area contributed by atoms with Crippen molar-refractivity contribution in [2.24, 2.45) is 0 Å². The second-order valence-electron chi connectivity index (χ2n) is 14.2. The first-order valence-electron chi connectivity index (χ1n) is 18.0. The van der Waals surface area contributed by atoms with Crippen LogP contribution in [-0.2, 0) is 32.2 Å². The van der Waals surface area contributed by atoms with Crippen LogP contribution in [-0.4, -0.2) is 71.5 Å². The molecule has 51 heavy (non-hydrogen) atoms. The lowest BCUT2D eigenvalue weighted by Crippen LogP contribution is -2.35. The van der Waals surface area contributed by atoms with Crippen LogP contribution in [0.4, 0.5) is 0 Å². The fourth-order valence-electron chi connectivity index (χ4n) is 8.00. The Balaban J connectivity index is 1.49. The van der Waals surface area contributed by atoms with Gasteiger partial charge in [0.25, 0.3) is 0 Å². The smallest absolute Gasteiger partial charge is 0.204 e. The third-order valence-corrected chi connectivity index (χ3v) is 10.8. The number of methoxy groups -OCH3 is 4. The molecule has 0 radical (unpaired) electrons. The molecule has 8 rings (SSSR count). The summed E-state index contributed by atoms with van der Waals surface area (Å²) in [7, 11) is 11.2. The molecule has 4 heterocycles. The van der Waals surface area contributed by atoms with Crippen molar-refractivity contribution in [3.05, 3.63) is 93.5 Å². The number of nitrogens with zero attached hydrogens (tertiary/aromatic N) is 2. The number of rotatable bonds is 7. The molecule has 9 nitrogen and oxygen atoms in total. The SMILES string of the molecule is COc1ccc2cc1Oc1ccc(cc1)C[C@H]1c3cc(c(OC)cc3CCN1C)Oc1c(OC)c(OC)c(CNC(C)C)c3c1[C@H](C2)N(C)CC3. The molecule has 0 saturated carbocycles. The molecule has 0 unspecified atom stereocenters. The maximum atomic E-state index is 7.19. The van der Waals surface area contributed by atoms with E-state index in [0.29, 0.717) is 59.3 Å². The average molecular weight is 694 g/mol. The van der Waals surface area contributed by atoms with Crippen LogP contribution in [0.25, 0.3) is 0 Å². The molecule has 2 atom stereocenters. The number of hydrogen-bond donors (Lipinski definition) is 1. The summed E-state index contributed by atoms with van der Waals surface area (Å²) in [5, 5.41) is 3.65. The van der Waals surface area contributed by atoms with Crippen molar-refractivity contribution >= 4 is 0 Å². The number of likely N-dealkylation sites (N-methyl/N-ethyl adjacent to an activating group) is 2. The highest BCUT2D eigenvalue weighted by molar-refractivity contribution is 5.67. The zero-order valence-electron chi connectivity index (χ0n) is 31.2. The lowest BCUT2D eigenvalue weighted by Gasteiger charge is -2.38. The van der Waals surface area contributed by atoms with Crippen LogP contribution in [0.15, 0.2) is 54.6 Å². The van der Waals surface area contributed by atoms with Crippen LogP contribution >= 0.6 is 0 Å². The van der Waals surface area contributed by atoms with Crippen LogP contribution in [0.1, 0.15) is 64.9 Å². The van der Waals surface area contributed by atoms with Gasteiger partial charge in [-0.2, -0.15) is 0 Å². The Morgan fingerprint density at radius 2 is 1.39 bits per heavy atom. The molecule has 0 saturated heterocycles. The first-order valence-corrected chi connectivity index (χ1v) is 18.0. The molecule has 4 aliphatic heterocycles. The van der Waals surface area contributed by atoms with Gasteiger partial charge in [0.2, 0.25) is 5.75 Å². The van der Waals surface area contributed by atoms with Crippen molar-refractivity contribution in [1.29, 1.82) is 0 Å². The summed E-state index contributed by atoms with van der Waals surface area (Å²) in [6.45, 7) is 6.80. The van der Waals surface area contributed by atoms with E-state index in [1.54, 1.807) is 28.4 Å². The van der Waals surface area contributed by atoms with E-state index < -0.39 is 0 Å². The topological polar surface area (TPSA) is 73.9 Å². The highest BCUT2D eigenvalue weighted by Gasteiger charge is 2.37. The lowest BCUT2D eigenvalue weighted by atomic mass is 9.84. The lowest BCUT2D eigenvalue weighted by molar-refractivity contribution is 0.219. The van der Waals surface area contributed by atoms with Crippen molar-refractivity contribution in [2.75, 3.05) is 55.6 Å². The van der Waals surface area contributed by atoms with E-state index in [1.165, 1.54) is 22.3 Å². The molecular formula is C42H51N3O6. The first-order chi connectivity index (χ1) is 24.7. The molecule has 4 aromatic rings. The Labute approximate surface area is 302 Å². The van der Waals surface area contributed by atoms with Gasteiger partial charge in [-0.3, -0.25) is 9.80 Å². The molecule has 1 N–H and O–H groups in total. The summed E-state index contributed by atoms with van der Waals surface area (Å²) in [5.41, 5.74) is 8.30. The van der Waals surface area contributed by atoms with Gasteiger partial charge in [-0.15, -0.1) is 0 Å². The molecule has 9 heteroatoms. The van der Waals surface area contributed by atoms with Crippen LogP contribution in [0.5, 0.6) is 46.0 Å². The van der Waals surface area contributed by atoms with Crippen LogP contribution in [0, 0.1) is 0 Å². The molecule has 6 bridgehead atoms. The monoisotopic (exact) mass is 693 g/mol. The summed E-state index contributed by atoms with van der Waals surface area (Å²) in [4.78, 5) is 4.85. The van der Waals surface area contributed by atoms with Gasteiger partial charge in [-0.25, -0.2) is 0 Å². The van der Waals surface area contributed by atoms with E-state index in [0.717, 1.165) is 54.8 Å². The third kappa shape index (κ3) is 6.70. The minimum atomic E-state index is -0.0386. The van der Waals surface area contributed by atoms with Gasteiger partial charge < -0.3 is 33.7 Å². The van der Waals surface area contributed by atoms with E-state index in [9.17, 15) is 0 Å². The van der Waals surface area contributed by atoms with Gasteiger partial charge in [0.1, 0.15) is 5.75 Å². The number of ether oxygens (including phenoxy) is 6. The Morgan fingerprint density at radius 1 is 0.725 bits per heavy atom. The van der Waals surface area contributed by atoms with E-state index in [1.807, 2.05) is 6.07 Å². The maximum Gasteiger partial charge on any atom is 0.204 e. The van der Waals surface area contributed by atoms with Gasteiger partial charge in [0, 0.05) is 48.9 Å². The fourth-order valence-corrected chi connectivity index (χ4v) is 8.00. The molecule has 0 fully saturated rings. The van der Waals surface area contributed by atoms with Crippen molar-refractivity contribution in [1.82, 2.24) is 15.1 Å².